The quantitative estimate of drug-likeness (QED) is 0.116. The Morgan fingerprint density at radius 3 is 2.16 bits per heavy atom. The van der Waals surface area contributed by atoms with Crippen molar-refractivity contribution in [1.29, 1.82) is 0 Å². The first-order valence-corrected chi connectivity index (χ1v) is 19.4. The predicted molar refractivity (Wildman–Crippen MR) is 211 cm³/mol. The number of ether oxygens (including phenoxy) is 2. The van der Waals surface area contributed by atoms with Crippen LogP contribution in [0.4, 0.5) is 31.1 Å². The van der Waals surface area contributed by atoms with Crippen LogP contribution in [0.15, 0.2) is 57.4 Å². The molecule has 0 heterocycles. The summed E-state index contributed by atoms with van der Waals surface area (Å²) in [7, 11) is 1.76. The van der Waals surface area contributed by atoms with Gasteiger partial charge in [0, 0.05) is 32.0 Å². The number of aryl methyl sites for hydroxylation is 3. The van der Waals surface area contributed by atoms with Crippen LogP contribution in [0.3, 0.4) is 0 Å². The van der Waals surface area contributed by atoms with E-state index in [4.69, 9.17) is 4.74 Å². The Hall–Kier alpha value is -3.88. The van der Waals surface area contributed by atoms with Crippen molar-refractivity contribution in [3.05, 3.63) is 59.2 Å². The van der Waals surface area contributed by atoms with E-state index in [-0.39, 0.29) is 37.0 Å². The lowest BCUT2D eigenvalue weighted by Crippen LogP contribution is -2.35. The van der Waals surface area contributed by atoms with E-state index in [2.05, 4.69) is 32.0 Å². The number of thioether (sulfide) groups is 1. The molecule has 0 saturated heterocycles. The highest BCUT2D eigenvalue weighted by atomic mass is 32.2. The maximum Gasteiger partial charge on any atom is 0.573 e. The minimum atomic E-state index is -4.60. The minimum absolute atomic E-state index is 0.0348. The van der Waals surface area contributed by atoms with Gasteiger partial charge >= 0.3 is 12.4 Å². The number of alkyl halides is 6. The summed E-state index contributed by atoms with van der Waals surface area (Å²) in [5.41, 5.74) is 3.02. The van der Waals surface area contributed by atoms with Crippen molar-refractivity contribution in [1.82, 2.24) is 5.32 Å². The lowest BCUT2D eigenvalue weighted by atomic mass is 9.79. The van der Waals surface area contributed by atoms with Crippen LogP contribution in [0, 0.1) is 32.6 Å². The van der Waals surface area contributed by atoms with Crippen LogP contribution in [-0.2, 0) is 4.79 Å². The number of ketones is 1. The van der Waals surface area contributed by atoms with Gasteiger partial charge in [-0.1, -0.05) is 55.7 Å². The standard InChI is InChI=1S/C21H35FN4O2S.C11H14F2O.C8H7F3O/c1-5-7-12-24-20(23-4)17-10-8-16(9-11-17)19(22)13-25-21(28)26-15(3)29-14-18(27)6-2;1-8-3-4-10(9(2)7-8)14-6-5-11(12)13;1-6-2-4-7(5-3-6)12-8(9,10)11/h12,16-17,19H,5-11,13-14H2,1-4H3,(H,25,28);3-4,7,11H,5-6H2,1-2H3;2-5H,1H3/b23-20?,24-12?,26-15-;;. The van der Waals surface area contributed by atoms with Gasteiger partial charge in [-0.05, 0) is 89.5 Å². The van der Waals surface area contributed by atoms with Gasteiger partial charge in [-0.25, -0.2) is 23.0 Å². The summed E-state index contributed by atoms with van der Waals surface area (Å²) in [6, 6.07) is 10.8. The van der Waals surface area contributed by atoms with E-state index in [1.54, 1.807) is 40.0 Å². The molecule has 0 radical (unpaired) electrons. The highest BCUT2D eigenvalue weighted by molar-refractivity contribution is 8.14. The number of urea groups is 1. The van der Waals surface area contributed by atoms with Crippen LogP contribution in [0.25, 0.3) is 0 Å². The Kier molecular flexibility index (Phi) is 24.0. The van der Waals surface area contributed by atoms with Crippen molar-refractivity contribution in [3.8, 4) is 11.5 Å². The molecule has 1 aliphatic rings. The minimum Gasteiger partial charge on any atom is -0.493 e. The second-order valence-electron chi connectivity index (χ2n) is 13.0. The Morgan fingerprint density at radius 1 is 0.982 bits per heavy atom. The summed E-state index contributed by atoms with van der Waals surface area (Å²) in [5.74, 6) is 2.01. The SMILES string of the molecule is CCCC=NC(=NC)C1CCC(C(F)CNC(=O)/N=C(/C)SCC(=O)CC)CC1.Cc1ccc(OC(F)(F)F)cc1.Cc1ccc(OCCC(F)F)c(C)c1. The largest absolute Gasteiger partial charge is 0.573 e. The molecule has 55 heavy (non-hydrogen) atoms. The maximum absolute atomic E-state index is 14.6. The van der Waals surface area contributed by atoms with Crippen molar-refractivity contribution in [2.75, 3.05) is 26.0 Å². The van der Waals surface area contributed by atoms with Crippen LogP contribution in [-0.4, -0.2) is 73.8 Å². The molecule has 8 nitrogen and oxygen atoms in total. The number of amidine groups is 1. The first kappa shape index (κ1) is 49.1. The molecule has 0 aliphatic heterocycles. The molecule has 2 amide bonds. The monoisotopic (exact) mass is 802 g/mol. The summed E-state index contributed by atoms with van der Waals surface area (Å²) in [5, 5.41) is 3.05. The molecule has 0 spiro atoms. The summed E-state index contributed by atoms with van der Waals surface area (Å²) in [4.78, 5) is 35.8. The fourth-order valence-electron chi connectivity index (χ4n) is 5.18. The highest BCUT2D eigenvalue weighted by Gasteiger charge is 2.31. The van der Waals surface area contributed by atoms with E-state index in [9.17, 15) is 35.9 Å². The van der Waals surface area contributed by atoms with Crippen molar-refractivity contribution >= 4 is 40.7 Å². The molecule has 1 fully saturated rings. The summed E-state index contributed by atoms with van der Waals surface area (Å²) < 4.78 is 82.0. The normalized spacial score (nSPS) is 16.8. The van der Waals surface area contributed by atoms with Crippen LogP contribution < -0.4 is 14.8 Å². The molecule has 308 valence electrons. The highest BCUT2D eigenvalue weighted by Crippen LogP contribution is 2.33. The second-order valence-corrected chi connectivity index (χ2v) is 14.1. The van der Waals surface area contributed by atoms with Crippen molar-refractivity contribution in [3.63, 3.8) is 0 Å². The van der Waals surface area contributed by atoms with Gasteiger partial charge in [0.1, 0.15) is 29.3 Å². The topological polar surface area (TPSA) is 102 Å². The van der Waals surface area contributed by atoms with Gasteiger partial charge in [0.05, 0.1) is 23.9 Å². The van der Waals surface area contributed by atoms with E-state index in [1.807, 2.05) is 38.3 Å². The molecule has 0 bridgehead atoms. The number of halogens is 6. The number of rotatable bonds is 14. The zero-order chi connectivity index (χ0) is 41.4. The third-order valence-electron chi connectivity index (χ3n) is 8.24. The van der Waals surface area contributed by atoms with E-state index in [1.165, 1.54) is 23.9 Å². The number of amides is 2. The zero-order valence-electron chi connectivity index (χ0n) is 32.9. The number of aliphatic imine (C=N–C) groups is 3. The predicted octanol–water partition coefficient (Wildman–Crippen LogP) is 11.1. The summed E-state index contributed by atoms with van der Waals surface area (Å²) in [6.07, 6.45) is -0.544. The first-order chi connectivity index (χ1) is 26.0. The molecule has 2 aromatic rings. The molecule has 1 atom stereocenters. The number of nitrogens with zero attached hydrogens (tertiary/aromatic N) is 3. The van der Waals surface area contributed by atoms with Gasteiger partial charge in [-0.3, -0.25) is 9.79 Å². The first-order valence-electron chi connectivity index (χ1n) is 18.4. The molecule has 2 aromatic carbocycles. The Morgan fingerprint density at radius 2 is 1.62 bits per heavy atom. The number of hydrogen-bond donors (Lipinski definition) is 1. The molecule has 1 unspecified atom stereocenters. The van der Waals surface area contributed by atoms with E-state index in [0.29, 0.717) is 28.9 Å². The van der Waals surface area contributed by atoms with Crippen molar-refractivity contribution in [2.24, 2.45) is 26.8 Å². The molecule has 1 saturated carbocycles. The van der Waals surface area contributed by atoms with Gasteiger partial charge in [0.2, 0.25) is 6.43 Å². The van der Waals surface area contributed by atoms with Gasteiger partial charge in [0.25, 0.3) is 0 Å². The van der Waals surface area contributed by atoms with Crippen LogP contribution in [0.2, 0.25) is 0 Å². The van der Waals surface area contributed by atoms with Gasteiger partial charge in [-0.2, -0.15) is 4.99 Å². The summed E-state index contributed by atoms with van der Waals surface area (Å²) in [6.45, 7) is 11.3. The number of hydrogen-bond acceptors (Lipinski definition) is 6. The average molecular weight is 803 g/mol. The molecule has 1 N–H and O–H groups in total. The fraction of sp³-hybridized carbons (Fsp3) is 0.575. The molecular formula is C40H56F6N4O4S. The van der Waals surface area contributed by atoms with E-state index in [0.717, 1.165) is 61.1 Å². The fourth-order valence-corrected chi connectivity index (χ4v) is 5.91. The Labute approximate surface area is 326 Å². The van der Waals surface area contributed by atoms with Gasteiger partial charge in [0.15, 0.2) is 0 Å². The Bertz CT molecular complexity index is 1510. The molecule has 1 aliphatic carbocycles. The third kappa shape index (κ3) is 22.9. The van der Waals surface area contributed by atoms with Gasteiger partial charge in [-0.15, -0.1) is 24.9 Å². The smallest absolute Gasteiger partial charge is 0.493 e. The van der Waals surface area contributed by atoms with E-state index < -0.39 is 25.0 Å². The Balaban J connectivity index is 0.000000477. The lowest BCUT2D eigenvalue weighted by molar-refractivity contribution is -0.274. The number of Topliss-reactive ketones (excluding diaryl/α,β-unsaturated/α-hetero) is 1. The maximum atomic E-state index is 14.6. The third-order valence-corrected chi connectivity index (χ3v) is 9.22. The number of nitrogens with one attached hydrogen (secondary N) is 1. The van der Waals surface area contributed by atoms with Crippen molar-refractivity contribution < 1.29 is 45.4 Å². The number of unbranched alkanes of at least 4 members (excludes halogenated alkanes) is 1. The number of carbonyl (C=O) groups excluding carboxylic acids is 2. The zero-order valence-corrected chi connectivity index (χ0v) is 33.7. The molecule has 0 aromatic heterocycles. The number of carbonyl (C=O) groups is 2. The number of benzene rings is 2. The lowest BCUT2D eigenvalue weighted by Gasteiger charge is -2.30. The average Bonchev–Trinajstić information content (AvgIpc) is 3.13. The molecule has 15 heteroatoms. The van der Waals surface area contributed by atoms with Gasteiger partial charge < -0.3 is 14.8 Å². The second kappa shape index (κ2) is 26.8. The molecular weight excluding hydrogens is 747 g/mol. The van der Waals surface area contributed by atoms with Crippen LogP contribution in [0.1, 0.15) is 88.8 Å². The molecule has 3 rings (SSSR count). The van der Waals surface area contributed by atoms with Crippen molar-refractivity contribution in [2.45, 2.75) is 112 Å². The van der Waals surface area contributed by atoms with Crippen LogP contribution in [0.5, 0.6) is 11.5 Å². The van der Waals surface area contributed by atoms with E-state index >= 15 is 0 Å². The van der Waals surface area contributed by atoms with Crippen LogP contribution >= 0.6 is 11.8 Å². The summed E-state index contributed by atoms with van der Waals surface area (Å²) >= 11 is 1.23.